The Balaban J connectivity index is 2.08. The molecular weight excluding hydrogens is 356 g/mol. The van der Waals surface area contributed by atoms with Crippen LogP contribution < -0.4 is 14.8 Å². The third-order valence-electron chi connectivity index (χ3n) is 2.82. The van der Waals surface area contributed by atoms with E-state index in [2.05, 4.69) is 26.2 Å². The summed E-state index contributed by atoms with van der Waals surface area (Å²) in [7, 11) is 1.63. The highest BCUT2D eigenvalue weighted by Crippen LogP contribution is 2.28. The van der Waals surface area contributed by atoms with Crippen molar-refractivity contribution in [2.75, 3.05) is 19.0 Å². The number of nitrogens with one attached hydrogen (secondary N) is 1. The van der Waals surface area contributed by atoms with E-state index in [4.69, 9.17) is 21.1 Å². The molecule has 2 rings (SSSR count). The van der Waals surface area contributed by atoms with E-state index >= 15 is 0 Å². The molecule has 1 aromatic carbocycles. The van der Waals surface area contributed by atoms with Gasteiger partial charge in [-0.1, -0.05) is 17.7 Å². The average molecular weight is 372 g/mol. The fourth-order valence-electron chi connectivity index (χ4n) is 1.82. The lowest BCUT2D eigenvalue weighted by atomic mass is 10.2. The fourth-order valence-corrected chi connectivity index (χ4v) is 2.27. The van der Waals surface area contributed by atoms with Crippen molar-refractivity contribution < 1.29 is 9.47 Å². The number of ether oxygens (including phenoxy) is 2. The summed E-state index contributed by atoms with van der Waals surface area (Å²) in [6, 6.07) is 7.75. The predicted molar refractivity (Wildman–Crippen MR) is 88.4 cm³/mol. The third-order valence-corrected chi connectivity index (χ3v) is 3.95. The van der Waals surface area contributed by atoms with Crippen molar-refractivity contribution in [3.05, 3.63) is 45.7 Å². The van der Waals surface area contributed by atoms with Gasteiger partial charge in [0.05, 0.1) is 30.1 Å². The number of rotatable bonds is 6. The van der Waals surface area contributed by atoms with Gasteiger partial charge in [-0.25, -0.2) is 4.98 Å². The van der Waals surface area contributed by atoms with E-state index in [9.17, 15) is 0 Å². The van der Waals surface area contributed by atoms with Crippen LogP contribution in [0.2, 0.25) is 5.15 Å². The molecule has 0 bridgehead atoms. The Morgan fingerprint density at radius 1 is 1.29 bits per heavy atom. The Kier molecular flexibility index (Phi) is 5.70. The molecule has 0 atom stereocenters. The summed E-state index contributed by atoms with van der Waals surface area (Å²) in [6.07, 6.45) is 1.69. The van der Waals surface area contributed by atoms with E-state index < -0.39 is 0 Å². The molecule has 1 heterocycles. The van der Waals surface area contributed by atoms with Crippen molar-refractivity contribution in [1.29, 1.82) is 0 Å². The zero-order valence-corrected chi connectivity index (χ0v) is 14.2. The minimum absolute atomic E-state index is 0.448. The fraction of sp³-hybridized carbons (Fsp3) is 0.267. The van der Waals surface area contributed by atoms with E-state index in [0.29, 0.717) is 18.3 Å². The van der Waals surface area contributed by atoms with Crippen LogP contribution in [0.25, 0.3) is 0 Å². The Labute approximate surface area is 137 Å². The summed E-state index contributed by atoms with van der Waals surface area (Å²) >= 11 is 9.22. The van der Waals surface area contributed by atoms with Crippen LogP contribution in [0, 0.1) is 0 Å². The van der Waals surface area contributed by atoms with Crippen molar-refractivity contribution in [2.24, 2.45) is 0 Å². The molecule has 1 N–H and O–H groups in total. The molecule has 2 aromatic rings. The number of pyridine rings is 1. The molecule has 0 aliphatic rings. The standard InChI is InChI=1S/C15H16BrClN2O2/c1-3-21-14-6-10(4-5-13(14)20-2)8-18-11-7-12(16)15(17)19-9-11/h4-7,9,18H,3,8H2,1-2H3. The second-order valence-electron chi connectivity index (χ2n) is 4.27. The molecule has 0 aliphatic carbocycles. The lowest BCUT2D eigenvalue weighted by Gasteiger charge is -2.12. The second kappa shape index (κ2) is 7.52. The largest absolute Gasteiger partial charge is 0.493 e. The van der Waals surface area contributed by atoms with Crippen LogP contribution in [0.5, 0.6) is 11.5 Å². The van der Waals surface area contributed by atoms with Gasteiger partial charge >= 0.3 is 0 Å². The average Bonchev–Trinajstić information content (AvgIpc) is 2.49. The summed E-state index contributed by atoms with van der Waals surface area (Å²) < 4.78 is 11.6. The molecule has 0 unspecified atom stereocenters. The number of benzene rings is 1. The van der Waals surface area contributed by atoms with Crippen molar-refractivity contribution in [2.45, 2.75) is 13.5 Å². The Bertz CT molecular complexity index is 623. The minimum Gasteiger partial charge on any atom is -0.493 e. The molecule has 0 spiro atoms. The van der Waals surface area contributed by atoms with Gasteiger partial charge in [0.1, 0.15) is 5.15 Å². The summed E-state index contributed by atoms with van der Waals surface area (Å²) in [4.78, 5) is 4.08. The van der Waals surface area contributed by atoms with Crippen molar-refractivity contribution in [3.8, 4) is 11.5 Å². The van der Waals surface area contributed by atoms with Gasteiger partial charge in [0.25, 0.3) is 0 Å². The van der Waals surface area contributed by atoms with Crippen LogP contribution in [0.15, 0.2) is 34.9 Å². The molecule has 0 radical (unpaired) electrons. The van der Waals surface area contributed by atoms with E-state index in [1.54, 1.807) is 13.3 Å². The lowest BCUT2D eigenvalue weighted by Crippen LogP contribution is -2.02. The van der Waals surface area contributed by atoms with Gasteiger partial charge in [-0.05, 0) is 46.6 Å². The van der Waals surface area contributed by atoms with Crippen LogP contribution in [0.4, 0.5) is 5.69 Å². The molecule has 0 saturated carbocycles. The molecule has 21 heavy (non-hydrogen) atoms. The van der Waals surface area contributed by atoms with Gasteiger partial charge in [-0.15, -0.1) is 0 Å². The maximum absolute atomic E-state index is 5.87. The highest BCUT2D eigenvalue weighted by molar-refractivity contribution is 9.10. The Hall–Kier alpha value is -1.46. The summed E-state index contributed by atoms with van der Waals surface area (Å²) in [5, 5.41) is 3.74. The Morgan fingerprint density at radius 3 is 2.76 bits per heavy atom. The van der Waals surface area contributed by atoms with Crippen LogP contribution in [0.1, 0.15) is 12.5 Å². The molecule has 0 amide bonds. The zero-order chi connectivity index (χ0) is 15.2. The van der Waals surface area contributed by atoms with E-state index in [0.717, 1.165) is 27.2 Å². The molecule has 0 aliphatic heterocycles. The molecule has 1 aromatic heterocycles. The first-order valence-electron chi connectivity index (χ1n) is 6.48. The summed E-state index contributed by atoms with van der Waals surface area (Å²) in [6.45, 7) is 3.20. The SMILES string of the molecule is CCOc1cc(CNc2cnc(Cl)c(Br)c2)ccc1OC. The molecular formula is C15H16BrClN2O2. The molecule has 0 fully saturated rings. The first-order valence-corrected chi connectivity index (χ1v) is 7.65. The van der Waals surface area contributed by atoms with Crippen LogP contribution >= 0.6 is 27.5 Å². The van der Waals surface area contributed by atoms with Gasteiger partial charge in [0, 0.05) is 6.54 Å². The monoisotopic (exact) mass is 370 g/mol. The van der Waals surface area contributed by atoms with Crippen LogP contribution in [-0.2, 0) is 6.54 Å². The van der Waals surface area contributed by atoms with Crippen LogP contribution in [-0.4, -0.2) is 18.7 Å². The zero-order valence-electron chi connectivity index (χ0n) is 11.8. The third kappa shape index (κ3) is 4.25. The number of hydrogen-bond donors (Lipinski definition) is 1. The molecule has 112 valence electrons. The maximum Gasteiger partial charge on any atom is 0.161 e. The second-order valence-corrected chi connectivity index (χ2v) is 5.48. The molecule has 6 heteroatoms. The number of aromatic nitrogens is 1. The van der Waals surface area contributed by atoms with Crippen molar-refractivity contribution >= 4 is 33.2 Å². The van der Waals surface area contributed by atoms with Gasteiger partial charge in [-0.3, -0.25) is 0 Å². The summed E-state index contributed by atoms with van der Waals surface area (Å²) in [5.41, 5.74) is 1.98. The number of anilines is 1. The highest BCUT2D eigenvalue weighted by Gasteiger charge is 2.06. The van der Waals surface area contributed by atoms with Gasteiger partial charge in [-0.2, -0.15) is 0 Å². The quantitative estimate of drug-likeness (QED) is 0.758. The van der Waals surface area contributed by atoms with Crippen molar-refractivity contribution in [3.63, 3.8) is 0 Å². The smallest absolute Gasteiger partial charge is 0.161 e. The van der Waals surface area contributed by atoms with Gasteiger partial charge < -0.3 is 14.8 Å². The minimum atomic E-state index is 0.448. The highest BCUT2D eigenvalue weighted by atomic mass is 79.9. The first kappa shape index (κ1) is 15.9. The number of methoxy groups -OCH3 is 1. The van der Waals surface area contributed by atoms with Crippen molar-refractivity contribution in [1.82, 2.24) is 4.98 Å². The topological polar surface area (TPSA) is 43.4 Å². The van der Waals surface area contributed by atoms with Gasteiger partial charge in [0.2, 0.25) is 0 Å². The maximum atomic E-state index is 5.87. The van der Waals surface area contributed by atoms with Gasteiger partial charge in [0.15, 0.2) is 11.5 Å². The normalized spacial score (nSPS) is 10.3. The first-order chi connectivity index (χ1) is 10.1. The number of nitrogens with zero attached hydrogens (tertiary/aromatic N) is 1. The summed E-state index contributed by atoms with van der Waals surface area (Å²) in [5.74, 6) is 1.48. The number of hydrogen-bond acceptors (Lipinski definition) is 4. The molecule has 0 saturated heterocycles. The van der Waals surface area contributed by atoms with Crippen LogP contribution in [0.3, 0.4) is 0 Å². The van der Waals surface area contributed by atoms with E-state index in [1.807, 2.05) is 31.2 Å². The lowest BCUT2D eigenvalue weighted by molar-refractivity contribution is 0.310. The van der Waals surface area contributed by atoms with E-state index in [-0.39, 0.29) is 0 Å². The Morgan fingerprint density at radius 2 is 2.10 bits per heavy atom. The van der Waals surface area contributed by atoms with E-state index in [1.165, 1.54) is 0 Å². The number of halogens is 2. The molecule has 4 nitrogen and oxygen atoms in total. The predicted octanol–water partition coefficient (Wildman–Crippen LogP) is 4.52.